The molecule has 2 atom stereocenters. The maximum absolute atomic E-state index is 13.6. The number of carboxylic acid groups (broad SMARTS) is 1. The third-order valence-corrected chi connectivity index (χ3v) is 13.2. The van der Waals surface area contributed by atoms with Crippen LogP contribution in [0.15, 0.2) is 60.7 Å². The number of ether oxygens (including phenoxy) is 2. The summed E-state index contributed by atoms with van der Waals surface area (Å²) in [5.74, 6) is 1.55. The Balaban J connectivity index is 1.01. The number of carbonyl (C=O) groups excluding carboxylic acids is 1. The molecule has 5 aliphatic rings. The Labute approximate surface area is 311 Å². The van der Waals surface area contributed by atoms with Crippen LogP contribution in [0.4, 0.5) is 15.7 Å². The summed E-state index contributed by atoms with van der Waals surface area (Å²) < 4.78 is 14.6. The second-order valence-corrected chi connectivity index (χ2v) is 16.6. The summed E-state index contributed by atoms with van der Waals surface area (Å²) in [5, 5.41) is 23.7. The van der Waals surface area contributed by atoms with Gasteiger partial charge >= 0.3 is 6.16 Å². The quantitative estimate of drug-likeness (QED) is 0.151. The van der Waals surface area contributed by atoms with Crippen molar-refractivity contribution in [3.05, 3.63) is 88.7 Å². The van der Waals surface area contributed by atoms with Gasteiger partial charge in [-0.1, -0.05) is 35.6 Å². The predicted molar refractivity (Wildman–Crippen MR) is 201 cm³/mol. The van der Waals surface area contributed by atoms with Gasteiger partial charge in [-0.05, 0) is 117 Å². The van der Waals surface area contributed by atoms with Crippen molar-refractivity contribution >= 4 is 44.6 Å². The third-order valence-electron chi connectivity index (χ3n) is 12.2. The molecule has 0 saturated heterocycles. The van der Waals surface area contributed by atoms with Crippen LogP contribution in [0.5, 0.6) is 5.88 Å². The summed E-state index contributed by atoms with van der Waals surface area (Å²) >= 11 is 1.43. The number of hydrogen-bond donors (Lipinski definition) is 2. The molecule has 1 amide bonds. The number of thiazole rings is 1. The van der Waals surface area contributed by atoms with Crippen molar-refractivity contribution < 1.29 is 24.2 Å². The fourth-order valence-corrected chi connectivity index (χ4v) is 11.3. The van der Waals surface area contributed by atoms with Gasteiger partial charge in [-0.3, -0.25) is 10.1 Å². The van der Waals surface area contributed by atoms with Crippen molar-refractivity contribution in [1.29, 1.82) is 5.26 Å². The van der Waals surface area contributed by atoms with Crippen LogP contribution in [0.3, 0.4) is 0 Å². The first kappa shape index (κ1) is 33.6. The van der Waals surface area contributed by atoms with Crippen LogP contribution in [0, 0.1) is 35.5 Å². The highest BCUT2D eigenvalue weighted by Gasteiger charge is 2.58. The van der Waals surface area contributed by atoms with Gasteiger partial charge in [0.2, 0.25) is 5.88 Å². The van der Waals surface area contributed by atoms with E-state index in [9.17, 15) is 20.0 Å². The Hall–Kier alpha value is -5.25. The normalized spacial score (nSPS) is 24.2. The van der Waals surface area contributed by atoms with Crippen molar-refractivity contribution in [2.24, 2.45) is 17.3 Å². The van der Waals surface area contributed by atoms with Gasteiger partial charge in [0, 0.05) is 49.1 Å². The van der Waals surface area contributed by atoms with Gasteiger partial charge in [0.25, 0.3) is 5.91 Å². The maximum Gasteiger partial charge on any atom is 0.512 e. The highest BCUT2D eigenvalue weighted by molar-refractivity contribution is 7.22. The zero-order valence-corrected chi connectivity index (χ0v) is 30.5. The van der Waals surface area contributed by atoms with E-state index in [1.807, 2.05) is 79.6 Å². The number of amides is 1. The molecule has 4 fully saturated rings. The Morgan fingerprint density at radius 2 is 1.87 bits per heavy atom. The molecule has 0 radical (unpaired) electrons. The van der Waals surface area contributed by atoms with Crippen molar-refractivity contribution in [3.63, 3.8) is 0 Å². The van der Waals surface area contributed by atoms with Crippen LogP contribution < -0.4 is 15.0 Å². The number of aromatic nitrogens is 3. The summed E-state index contributed by atoms with van der Waals surface area (Å²) in [7, 11) is 1.85. The number of pyridine rings is 1. The molecule has 2 unspecified atom stereocenters. The number of fused-ring (bicyclic) bond motifs is 2. The number of nitriles is 1. The van der Waals surface area contributed by atoms with E-state index in [1.165, 1.54) is 17.8 Å². The lowest BCUT2D eigenvalue weighted by Crippen LogP contribution is -2.57. The van der Waals surface area contributed by atoms with Gasteiger partial charge in [-0.15, -0.1) is 0 Å². The average molecular weight is 729 g/mol. The first-order chi connectivity index (χ1) is 25.6. The molecule has 3 aromatic heterocycles. The second kappa shape index (κ2) is 12.7. The Kier molecular flexibility index (Phi) is 8.05. The number of anilines is 2. The molecule has 11 nitrogen and oxygen atoms in total. The van der Waals surface area contributed by atoms with Crippen LogP contribution in [0.1, 0.15) is 71.4 Å². The molecule has 5 aromatic rings. The monoisotopic (exact) mass is 728 g/mol. The number of hydrogen-bond acceptors (Lipinski definition) is 9. The number of methoxy groups -OCH3 is 1. The zero-order valence-electron chi connectivity index (χ0n) is 29.7. The fourth-order valence-electron chi connectivity index (χ4n) is 10.4. The largest absolute Gasteiger partial charge is 0.512 e. The maximum atomic E-state index is 13.6. The van der Waals surface area contributed by atoms with Gasteiger partial charge < -0.3 is 24.0 Å². The lowest BCUT2D eigenvalue weighted by atomic mass is 9.48. The van der Waals surface area contributed by atoms with Crippen LogP contribution in [-0.4, -0.2) is 51.0 Å². The lowest BCUT2D eigenvalue weighted by Gasteiger charge is -2.61. The number of benzene rings is 2. The SMILES string of the molecule is COC12CC3CC(CC(Cn4c(C#N)cc(-c5ccc(N6CCc7cccc(C(=O)Nc8nc9ccccc9s8)c7C6)nc5OC(=O)O)c4C)(C3)C1)C2. The molecule has 10 rings (SSSR count). The predicted octanol–water partition coefficient (Wildman–Crippen LogP) is 8.20. The Morgan fingerprint density at radius 1 is 1.06 bits per heavy atom. The number of carbonyl (C=O) groups is 2. The van der Waals surface area contributed by atoms with Crippen molar-refractivity contribution in [2.45, 2.75) is 70.6 Å². The smallest absolute Gasteiger partial charge is 0.449 e. The molecule has 4 aliphatic carbocycles. The molecule has 1 aliphatic heterocycles. The number of nitrogens with zero attached hydrogens (tertiary/aromatic N) is 5. The molecular weight excluding hydrogens is 689 g/mol. The molecule has 2 N–H and O–H groups in total. The van der Waals surface area contributed by atoms with Crippen LogP contribution >= 0.6 is 11.3 Å². The van der Waals surface area contributed by atoms with Crippen molar-refractivity contribution in [3.8, 4) is 23.1 Å². The number of para-hydroxylation sites is 1. The summed E-state index contributed by atoms with van der Waals surface area (Å²) in [6, 6.07) is 21.5. The van der Waals surface area contributed by atoms with Gasteiger partial charge in [-0.25, -0.2) is 9.78 Å². The first-order valence-corrected chi connectivity index (χ1v) is 19.1. The van der Waals surface area contributed by atoms with Crippen molar-refractivity contribution in [1.82, 2.24) is 14.5 Å². The molecule has 4 bridgehead atoms. The van der Waals surface area contributed by atoms with E-state index in [-0.39, 0.29) is 22.8 Å². The summed E-state index contributed by atoms with van der Waals surface area (Å²) in [5.41, 5.74) is 5.99. The van der Waals surface area contributed by atoms with E-state index >= 15 is 0 Å². The molecule has 4 saturated carbocycles. The molecule has 270 valence electrons. The van der Waals surface area contributed by atoms with Crippen LogP contribution in [0.2, 0.25) is 0 Å². The standard InChI is InChI=1S/C41H40N6O5S/c1-24-31(15-28(20-42)47(24)23-40-16-25-14-26(17-40)19-41(18-25,22-40)51-2)30-10-11-35(44-37(30)52-39(49)50)46-13-12-27-6-5-7-29(32(27)21-46)36(48)45-38-43-33-8-3-4-9-34(33)53-38/h3-11,15,25-26H,12-14,16-19,21-23H2,1-2H3,(H,49,50)(H,43,45,48). The first-order valence-electron chi connectivity index (χ1n) is 18.2. The second-order valence-electron chi connectivity index (χ2n) is 15.5. The van der Waals surface area contributed by atoms with Crippen molar-refractivity contribution in [2.75, 3.05) is 23.9 Å². The molecule has 53 heavy (non-hydrogen) atoms. The number of nitrogens with one attached hydrogen (secondary N) is 1. The minimum atomic E-state index is -1.47. The van der Waals surface area contributed by atoms with Crippen LogP contribution in [0.25, 0.3) is 21.3 Å². The van der Waals surface area contributed by atoms with E-state index in [2.05, 4.69) is 20.9 Å². The van der Waals surface area contributed by atoms with E-state index in [0.29, 0.717) is 59.1 Å². The van der Waals surface area contributed by atoms with E-state index in [4.69, 9.17) is 14.5 Å². The minimum Gasteiger partial charge on any atom is -0.449 e. The highest BCUT2D eigenvalue weighted by Crippen LogP contribution is 2.63. The van der Waals surface area contributed by atoms with E-state index in [0.717, 1.165) is 71.2 Å². The van der Waals surface area contributed by atoms with E-state index in [1.54, 1.807) is 0 Å². The molecule has 2 aromatic carbocycles. The highest BCUT2D eigenvalue weighted by atomic mass is 32.1. The lowest BCUT2D eigenvalue weighted by molar-refractivity contribution is -0.183. The third kappa shape index (κ3) is 5.92. The van der Waals surface area contributed by atoms with Gasteiger partial charge in [0.15, 0.2) is 5.13 Å². The Morgan fingerprint density at radius 3 is 2.62 bits per heavy atom. The summed E-state index contributed by atoms with van der Waals surface area (Å²) in [6.45, 7) is 3.74. The summed E-state index contributed by atoms with van der Waals surface area (Å²) in [4.78, 5) is 37.0. The van der Waals surface area contributed by atoms with Gasteiger partial charge in [0.1, 0.15) is 17.6 Å². The topological polar surface area (TPSA) is 143 Å². The molecule has 0 spiro atoms. The molecule has 12 heteroatoms. The molecule has 4 heterocycles. The van der Waals surface area contributed by atoms with E-state index < -0.39 is 6.16 Å². The van der Waals surface area contributed by atoms with Gasteiger partial charge in [-0.2, -0.15) is 10.2 Å². The Bertz CT molecular complexity index is 2290. The molecular formula is C41H40N6O5S. The average Bonchev–Trinajstić information content (AvgIpc) is 3.69. The summed E-state index contributed by atoms with van der Waals surface area (Å²) in [6.07, 6.45) is 6.00. The zero-order chi connectivity index (χ0) is 36.5. The number of rotatable bonds is 8. The minimum absolute atomic E-state index is 0.0412. The fraction of sp³-hybridized carbons (Fsp3) is 0.390. The van der Waals surface area contributed by atoms with Gasteiger partial charge in [0.05, 0.1) is 15.8 Å². The van der Waals surface area contributed by atoms with Crippen LogP contribution in [-0.2, 0) is 24.2 Å².